The normalized spacial score (nSPS) is 9.76. The number of aliphatic hydroxyl groups is 1. The summed E-state index contributed by atoms with van der Waals surface area (Å²) in [6.45, 7) is 0.665. The van der Waals surface area contributed by atoms with Gasteiger partial charge in [-0.2, -0.15) is 0 Å². The number of hydrogen-bond donors (Lipinski definition) is 1. The van der Waals surface area contributed by atoms with E-state index in [1.807, 2.05) is 24.3 Å². The van der Waals surface area contributed by atoms with E-state index >= 15 is 0 Å². The standard InChI is InChI=1S/C16H16N2O2S/c19-10-2-1-5-14-6-3-7-15(13-14)20-11-12-21-16-17-8-4-9-18-16/h3-4,6-9,13,19H,2,10-12H2. The van der Waals surface area contributed by atoms with Crippen LogP contribution in [0.4, 0.5) is 0 Å². The first-order valence-corrected chi connectivity index (χ1v) is 7.59. The van der Waals surface area contributed by atoms with Gasteiger partial charge in [0.15, 0.2) is 5.16 Å². The first kappa shape index (κ1) is 15.4. The van der Waals surface area contributed by atoms with Gasteiger partial charge in [0.25, 0.3) is 0 Å². The average Bonchev–Trinajstić information content (AvgIpc) is 2.53. The van der Waals surface area contributed by atoms with Crippen molar-refractivity contribution >= 4 is 11.8 Å². The lowest BCUT2D eigenvalue weighted by Gasteiger charge is -2.05. The van der Waals surface area contributed by atoms with E-state index in [0.717, 1.165) is 22.2 Å². The van der Waals surface area contributed by atoms with Gasteiger partial charge in [-0.1, -0.05) is 29.7 Å². The highest BCUT2D eigenvalue weighted by atomic mass is 32.2. The molecule has 108 valence electrons. The SMILES string of the molecule is OCCC#Cc1cccc(OCCSc2ncccn2)c1. The van der Waals surface area contributed by atoms with Crippen LogP contribution in [0, 0.1) is 11.8 Å². The summed E-state index contributed by atoms with van der Waals surface area (Å²) >= 11 is 1.56. The van der Waals surface area contributed by atoms with Gasteiger partial charge in [0, 0.05) is 30.1 Å². The fourth-order valence-corrected chi connectivity index (χ4v) is 2.16. The molecular formula is C16H16N2O2S. The van der Waals surface area contributed by atoms with Crippen molar-refractivity contribution in [3.63, 3.8) is 0 Å². The lowest BCUT2D eigenvalue weighted by atomic mass is 10.2. The molecule has 1 aromatic carbocycles. The Bertz CT molecular complexity index is 608. The fourth-order valence-electron chi connectivity index (χ4n) is 1.54. The first-order valence-electron chi connectivity index (χ1n) is 6.61. The van der Waals surface area contributed by atoms with Gasteiger partial charge in [-0.3, -0.25) is 0 Å². The number of rotatable bonds is 6. The molecule has 0 aliphatic rings. The van der Waals surface area contributed by atoms with Crippen molar-refractivity contribution in [3.05, 3.63) is 48.3 Å². The quantitative estimate of drug-likeness (QED) is 0.384. The van der Waals surface area contributed by atoms with E-state index in [0.29, 0.717) is 13.0 Å². The average molecular weight is 300 g/mol. The van der Waals surface area contributed by atoms with E-state index in [4.69, 9.17) is 9.84 Å². The number of hydrogen-bond acceptors (Lipinski definition) is 5. The Labute approximate surface area is 128 Å². The highest BCUT2D eigenvalue weighted by molar-refractivity contribution is 7.99. The zero-order valence-corrected chi connectivity index (χ0v) is 12.3. The van der Waals surface area contributed by atoms with Gasteiger partial charge in [-0.15, -0.1) is 0 Å². The van der Waals surface area contributed by atoms with Crippen molar-refractivity contribution < 1.29 is 9.84 Å². The summed E-state index contributed by atoms with van der Waals surface area (Å²) < 4.78 is 5.68. The van der Waals surface area contributed by atoms with Crippen LogP contribution in [0.2, 0.25) is 0 Å². The monoisotopic (exact) mass is 300 g/mol. The lowest BCUT2D eigenvalue weighted by molar-refractivity contribution is 0.305. The topological polar surface area (TPSA) is 55.2 Å². The number of nitrogens with zero attached hydrogens (tertiary/aromatic N) is 2. The summed E-state index contributed by atoms with van der Waals surface area (Å²) in [5.41, 5.74) is 0.889. The number of ether oxygens (including phenoxy) is 1. The first-order chi connectivity index (χ1) is 10.4. The second-order valence-corrected chi connectivity index (χ2v) is 5.09. The molecule has 1 heterocycles. The van der Waals surface area contributed by atoms with E-state index in [-0.39, 0.29) is 6.61 Å². The minimum absolute atomic E-state index is 0.0853. The van der Waals surface area contributed by atoms with Gasteiger partial charge < -0.3 is 9.84 Å². The van der Waals surface area contributed by atoms with Crippen molar-refractivity contribution in [3.8, 4) is 17.6 Å². The van der Waals surface area contributed by atoms with Gasteiger partial charge in [0.05, 0.1) is 13.2 Å². The highest BCUT2D eigenvalue weighted by Crippen LogP contribution is 2.15. The van der Waals surface area contributed by atoms with Crippen LogP contribution in [0.1, 0.15) is 12.0 Å². The Morgan fingerprint density at radius 3 is 2.86 bits per heavy atom. The smallest absolute Gasteiger partial charge is 0.187 e. The summed E-state index contributed by atoms with van der Waals surface area (Å²) in [5, 5.41) is 9.45. The summed E-state index contributed by atoms with van der Waals surface area (Å²) in [7, 11) is 0. The van der Waals surface area contributed by atoms with Gasteiger partial charge in [-0.25, -0.2) is 9.97 Å². The summed E-state index contributed by atoms with van der Waals surface area (Å²) in [6, 6.07) is 9.42. The number of benzene rings is 1. The van der Waals surface area contributed by atoms with Crippen LogP contribution in [0.25, 0.3) is 0 Å². The highest BCUT2D eigenvalue weighted by Gasteiger charge is 1.98. The molecule has 0 spiro atoms. The molecule has 1 N–H and O–H groups in total. The zero-order chi connectivity index (χ0) is 14.8. The van der Waals surface area contributed by atoms with Crippen molar-refractivity contribution in [1.29, 1.82) is 0 Å². The Kier molecular flexibility index (Phi) is 6.59. The maximum absolute atomic E-state index is 8.70. The van der Waals surface area contributed by atoms with Crippen LogP contribution in [-0.4, -0.2) is 34.0 Å². The van der Waals surface area contributed by atoms with E-state index in [1.165, 1.54) is 0 Å². The van der Waals surface area contributed by atoms with Crippen LogP contribution in [-0.2, 0) is 0 Å². The fraction of sp³-hybridized carbons (Fsp3) is 0.250. The number of aliphatic hydroxyl groups excluding tert-OH is 1. The van der Waals surface area contributed by atoms with Crippen molar-refractivity contribution in [2.45, 2.75) is 11.6 Å². The molecule has 5 heteroatoms. The number of aromatic nitrogens is 2. The minimum atomic E-state index is 0.0853. The molecular weight excluding hydrogens is 284 g/mol. The molecule has 0 atom stereocenters. The molecule has 0 saturated carbocycles. The Morgan fingerprint density at radius 2 is 2.05 bits per heavy atom. The molecule has 0 radical (unpaired) electrons. The molecule has 4 nitrogen and oxygen atoms in total. The second-order valence-electron chi connectivity index (χ2n) is 4.03. The van der Waals surface area contributed by atoms with E-state index in [9.17, 15) is 0 Å². The minimum Gasteiger partial charge on any atom is -0.493 e. The van der Waals surface area contributed by atoms with Gasteiger partial charge in [0.2, 0.25) is 0 Å². The van der Waals surface area contributed by atoms with Crippen LogP contribution >= 0.6 is 11.8 Å². The van der Waals surface area contributed by atoms with Crippen LogP contribution in [0.3, 0.4) is 0 Å². The molecule has 2 aromatic rings. The molecule has 21 heavy (non-hydrogen) atoms. The Morgan fingerprint density at radius 1 is 1.19 bits per heavy atom. The van der Waals surface area contributed by atoms with E-state index in [1.54, 1.807) is 30.2 Å². The largest absolute Gasteiger partial charge is 0.493 e. The third kappa shape index (κ3) is 5.86. The Hall–Kier alpha value is -2.03. The van der Waals surface area contributed by atoms with Gasteiger partial charge in [-0.05, 0) is 24.3 Å². The van der Waals surface area contributed by atoms with E-state index in [2.05, 4.69) is 21.8 Å². The van der Waals surface area contributed by atoms with Crippen molar-refractivity contribution in [1.82, 2.24) is 9.97 Å². The zero-order valence-electron chi connectivity index (χ0n) is 11.5. The predicted molar refractivity (Wildman–Crippen MR) is 83.3 cm³/mol. The molecule has 0 bridgehead atoms. The van der Waals surface area contributed by atoms with E-state index < -0.39 is 0 Å². The molecule has 0 amide bonds. The van der Waals surface area contributed by atoms with Crippen LogP contribution in [0.5, 0.6) is 5.75 Å². The third-order valence-electron chi connectivity index (χ3n) is 2.43. The maximum Gasteiger partial charge on any atom is 0.187 e. The van der Waals surface area contributed by atoms with Crippen molar-refractivity contribution in [2.24, 2.45) is 0 Å². The summed E-state index contributed by atoms with van der Waals surface area (Å²) in [6.07, 6.45) is 3.94. The number of thioether (sulfide) groups is 1. The molecule has 0 unspecified atom stereocenters. The summed E-state index contributed by atoms with van der Waals surface area (Å²) in [5.74, 6) is 7.45. The predicted octanol–water partition coefficient (Wildman–Crippen LogP) is 2.38. The molecule has 0 aliphatic heterocycles. The van der Waals surface area contributed by atoms with Crippen molar-refractivity contribution in [2.75, 3.05) is 19.0 Å². The second kappa shape index (κ2) is 9.01. The maximum atomic E-state index is 8.70. The summed E-state index contributed by atoms with van der Waals surface area (Å²) in [4.78, 5) is 8.27. The van der Waals surface area contributed by atoms with Gasteiger partial charge in [0.1, 0.15) is 5.75 Å². The Balaban J connectivity index is 1.78. The lowest BCUT2D eigenvalue weighted by Crippen LogP contribution is -2.01. The van der Waals surface area contributed by atoms with Crippen LogP contribution < -0.4 is 4.74 Å². The van der Waals surface area contributed by atoms with Gasteiger partial charge >= 0.3 is 0 Å². The molecule has 0 saturated heterocycles. The van der Waals surface area contributed by atoms with Crippen LogP contribution in [0.15, 0.2) is 47.9 Å². The molecule has 0 aliphatic carbocycles. The molecule has 2 rings (SSSR count). The molecule has 0 fully saturated rings. The third-order valence-corrected chi connectivity index (χ3v) is 3.27. The molecule has 1 aromatic heterocycles.